The Kier molecular flexibility index (Phi) is 6.82. The van der Waals surface area contributed by atoms with E-state index in [4.69, 9.17) is 0 Å². The normalized spacial score (nSPS) is 16.4. The molecule has 0 radical (unpaired) electrons. The van der Waals surface area contributed by atoms with E-state index in [1.54, 1.807) is 11.3 Å². The number of rotatable bonds is 7. The zero-order chi connectivity index (χ0) is 15.8. The third kappa shape index (κ3) is 6.13. The zero-order valence-corrected chi connectivity index (χ0v) is 13.8. The van der Waals surface area contributed by atoms with Crippen molar-refractivity contribution in [3.8, 4) is 0 Å². The van der Waals surface area contributed by atoms with Crippen LogP contribution in [0.2, 0.25) is 0 Å². The molecule has 2 amide bonds. The van der Waals surface area contributed by atoms with E-state index in [0.29, 0.717) is 19.6 Å². The van der Waals surface area contributed by atoms with E-state index in [2.05, 4.69) is 37.9 Å². The Balaban J connectivity index is 1.58. The Hall–Kier alpha value is -1.44. The minimum Gasteiger partial charge on any atom is -0.355 e. The van der Waals surface area contributed by atoms with Crippen LogP contribution in [-0.4, -0.2) is 67.4 Å². The Morgan fingerprint density at radius 2 is 1.82 bits per heavy atom. The maximum Gasteiger partial charge on any atom is 0.234 e. The summed E-state index contributed by atoms with van der Waals surface area (Å²) in [5.41, 5.74) is 0. The third-order valence-corrected chi connectivity index (χ3v) is 4.47. The van der Waals surface area contributed by atoms with Gasteiger partial charge in [0.25, 0.3) is 0 Å². The van der Waals surface area contributed by atoms with Crippen molar-refractivity contribution in [3.05, 3.63) is 22.4 Å². The maximum absolute atomic E-state index is 11.8. The summed E-state index contributed by atoms with van der Waals surface area (Å²) in [6.45, 7) is 7.72. The molecule has 1 fully saturated rings. The first-order chi connectivity index (χ1) is 10.6. The molecule has 0 spiro atoms. The molecule has 1 aromatic heterocycles. The lowest BCUT2D eigenvalue weighted by Crippen LogP contribution is -2.49. The molecule has 0 bridgehead atoms. The predicted molar refractivity (Wildman–Crippen MR) is 87.7 cm³/mol. The van der Waals surface area contributed by atoms with Crippen LogP contribution in [0.5, 0.6) is 0 Å². The number of nitrogens with zero attached hydrogens (tertiary/aromatic N) is 2. The molecule has 22 heavy (non-hydrogen) atoms. The average molecular weight is 324 g/mol. The monoisotopic (exact) mass is 324 g/mol. The topological polar surface area (TPSA) is 64.7 Å². The molecule has 1 saturated heterocycles. The van der Waals surface area contributed by atoms with Gasteiger partial charge in [-0.25, -0.2) is 0 Å². The van der Waals surface area contributed by atoms with Crippen molar-refractivity contribution in [1.82, 2.24) is 20.4 Å². The van der Waals surface area contributed by atoms with Crippen LogP contribution in [0, 0.1) is 0 Å². The highest BCUT2D eigenvalue weighted by molar-refractivity contribution is 7.09. The van der Waals surface area contributed by atoms with E-state index < -0.39 is 0 Å². The molecule has 1 aliphatic heterocycles. The van der Waals surface area contributed by atoms with Gasteiger partial charge < -0.3 is 10.6 Å². The van der Waals surface area contributed by atoms with Crippen molar-refractivity contribution in [2.24, 2.45) is 0 Å². The van der Waals surface area contributed by atoms with E-state index >= 15 is 0 Å². The number of carbonyl (C=O) groups is 2. The molecule has 2 rings (SSSR count). The molecular formula is C15H24N4O2S. The quantitative estimate of drug-likeness (QED) is 0.699. The lowest BCUT2D eigenvalue weighted by atomic mass is 10.3. The summed E-state index contributed by atoms with van der Waals surface area (Å²) in [6.07, 6.45) is 0. The van der Waals surface area contributed by atoms with Gasteiger partial charge in [0.1, 0.15) is 0 Å². The maximum atomic E-state index is 11.8. The summed E-state index contributed by atoms with van der Waals surface area (Å²) in [5.74, 6) is -0.0480. The van der Waals surface area contributed by atoms with Crippen molar-refractivity contribution in [2.45, 2.75) is 13.5 Å². The lowest BCUT2D eigenvalue weighted by molar-refractivity contribution is -0.123. The van der Waals surface area contributed by atoms with E-state index in [1.165, 1.54) is 11.8 Å². The van der Waals surface area contributed by atoms with Gasteiger partial charge in [0, 0.05) is 57.6 Å². The Morgan fingerprint density at radius 1 is 1.14 bits per heavy atom. The van der Waals surface area contributed by atoms with E-state index in [9.17, 15) is 9.59 Å². The number of thiophene rings is 1. The predicted octanol–water partition coefficient (Wildman–Crippen LogP) is 0.118. The second-order valence-corrected chi connectivity index (χ2v) is 6.50. The fourth-order valence-corrected chi connectivity index (χ4v) is 3.17. The largest absolute Gasteiger partial charge is 0.355 e. The molecule has 0 atom stereocenters. The minimum absolute atomic E-state index is 0.0251. The van der Waals surface area contributed by atoms with Crippen molar-refractivity contribution >= 4 is 23.2 Å². The molecule has 7 heteroatoms. The summed E-state index contributed by atoms with van der Waals surface area (Å²) in [7, 11) is 0. The Morgan fingerprint density at radius 3 is 2.45 bits per heavy atom. The number of amides is 2. The van der Waals surface area contributed by atoms with Gasteiger partial charge in [-0.1, -0.05) is 6.07 Å². The summed E-state index contributed by atoms with van der Waals surface area (Å²) in [4.78, 5) is 28.5. The molecule has 0 unspecified atom stereocenters. The molecule has 1 aliphatic rings. The molecule has 6 nitrogen and oxygen atoms in total. The van der Waals surface area contributed by atoms with Crippen LogP contribution in [0.1, 0.15) is 11.8 Å². The van der Waals surface area contributed by atoms with Crippen molar-refractivity contribution in [2.75, 3.05) is 45.8 Å². The number of nitrogens with one attached hydrogen (secondary N) is 2. The first kappa shape index (κ1) is 16.9. The molecule has 122 valence electrons. The van der Waals surface area contributed by atoms with Gasteiger partial charge in [0.05, 0.1) is 6.54 Å². The van der Waals surface area contributed by atoms with Crippen molar-refractivity contribution in [1.29, 1.82) is 0 Å². The summed E-state index contributed by atoms with van der Waals surface area (Å²) in [6, 6.07) is 4.25. The fourth-order valence-electron chi connectivity index (χ4n) is 2.43. The number of piperazine rings is 1. The molecule has 0 saturated carbocycles. The Labute approximate surface area is 135 Å². The van der Waals surface area contributed by atoms with Crippen molar-refractivity contribution < 1.29 is 9.59 Å². The average Bonchev–Trinajstić information content (AvgIpc) is 2.98. The molecule has 0 aromatic carbocycles. The van der Waals surface area contributed by atoms with Crippen molar-refractivity contribution in [3.63, 3.8) is 0 Å². The van der Waals surface area contributed by atoms with Crippen LogP contribution in [-0.2, 0) is 16.1 Å². The van der Waals surface area contributed by atoms with Crippen LogP contribution in [0.3, 0.4) is 0 Å². The SMILES string of the molecule is CC(=O)NCCNC(=O)CN1CCN(Cc2cccs2)CC1. The van der Waals surface area contributed by atoms with Crippen LogP contribution in [0.25, 0.3) is 0 Å². The number of hydrogen-bond acceptors (Lipinski definition) is 5. The van der Waals surface area contributed by atoms with Gasteiger partial charge in [-0.3, -0.25) is 19.4 Å². The first-order valence-electron chi connectivity index (χ1n) is 7.61. The third-order valence-electron chi connectivity index (χ3n) is 3.61. The van der Waals surface area contributed by atoms with Crippen LogP contribution in [0.4, 0.5) is 0 Å². The zero-order valence-electron chi connectivity index (χ0n) is 13.0. The molecule has 0 aliphatic carbocycles. The van der Waals surface area contributed by atoms with Crippen LogP contribution >= 0.6 is 11.3 Å². The van der Waals surface area contributed by atoms with Gasteiger partial charge in [-0.15, -0.1) is 11.3 Å². The summed E-state index contributed by atoms with van der Waals surface area (Å²) < 4.78 is 0. The summed E-state index contributed by atoms with van der Waals surface area (Å²) in [5, 5.41) is 7.59. The molecule has 1 aromatic rings. The molecular weight excluding hydrogens is 300 g/mol. The molecule has 2 heterocycles. The van der Waals surface area contributed by atoms with E-state index in [-0.39, 0.29) is 11.8 Å². The highest BCUT2D eigenvalue weighted by Crippen LogP contribution is 2.13. The van der Waals surface area contributed by atoms with Gasteiger partial charge in [0.2, 0.25) is 11.8 Å². The second-order valence-electron chi connectivity index (χ2n) is 5.46. The highest BCUT2D eigenvalue weighted by Gasteiger charge is 2.18. The van der Waals surface area contributed by atoms with Crippen LogP contribution < -0.4 is 10.6 Å². The van der Waals surface area contributed by atoms with Gasteiger partial charge >= 0.3 is 0 Å². The van der Waals surface area contributed by atoms with E-state index in [1.807, 2.05) is 0 Å². The van der Waals surface area contributed by atoms with Crippen LogP contribution in [0.15, 0.2) is 17.5 Å². The first-order valence-corrected chi connectivity index (χ1v) is 8.49. The van der Waals surface area contributed by atoms with E-state index in [0.717, 1.165) is 32.7 Å². The minimum atomic E-state index is -0.0730. The second kappa shape index (κ2) is 8.87. The highest BCUT2D eigenvalue weighted by atomic mass is 32.1. The van der Waals surface area contributed by atoms with Gasteiger partial charge in [0.15, 0.2) is 0 Å². The standard InChI is InChI=1S/C15H24N4O2S/c1-13(20)16-4-5-17-15(21)12-19-8-6-18(7-9-19)11-14-3-2-10-22-14/h2-3,10H,4-9,11-12H2,1H3,(H,16,20)(H,17,21). The number of hydrogen-bond donors (Lipinski definition) is 2. The number of carbonyl (C=O) groups excluding carboxylic acids is 2. The fraction of sp³-hybridized carbons (Fsp3) is 0.600. The smallest absolute Gasteiger partial charge is 0.234 e. The lowest BCUT2D eigenvalue weighted by Gasteiger charge is -2.34. The van der Waals surface area contributed by atoms with Gasteiger partial charge in [-0.05, 0) is 11.4 Å². The molecule has 2 N–H and O–H groups in total. The summed E-state index contributed by atoms with van der Waals surface area (Å²) >= 11 is 1.79. The Bertz CT molecular complexity index is 470. The van der Waals surface area contributed by atoms with Gasteiger partial charge in [-0.2, -0.15) is 0 Å².